The van der Waals surface area contributed by atoms with Crippen LogP contribution in [0.5, 0.6) is 0 Å². The van der Waals surface area contributed by atoms with Gasteiger partial charge in [0.2, 0.25) is 0 Å². The lowest BCUT2D eigenvalue weighted by atomic mass is 9.97. The van der Waals surface area contributed by atoms with Gasteiger partial charge in [-0.2, -0.15) is 0 Å². The molecular weight excluding hydrogens is 461 g/mol. The van der Waals surface area contributed by atoms with Crippen LogP contribution >= 0.6 is 22.6 Å². The molecule has 2 fully saturated rings. The molecule has 1 aliphatic heterocycles. The van der Waals surface area contributed by atoms with Gasteiger partial charge in [0.25, 0.3) is 0 Å². The van der Waals surface area contributed by atoms with Crippen molar-refractivity contribution in [3.63, 3.8) is 0 Å². The largest absolute Gasteiger partial charge is 0.597 e. The first-order chi connectivity index (χ1) is 12.3. The minimum absolute atomic E-state index is 0.0569. The van der Waals surface area contributed by atoms with Gasteiger partial charge < -0.3 is 14.4 Å². The van der Waals surface area contributed by atoms with Crippen molar-refractivity contribution >= 4 is 34.0 Å². The second-order valence-electron chi connectivity index (χ2n) is 8.41. The van der Waals surface area contributed by atoms with Crippen molar-refractivity contribution in [1.82, 2.24) is 4.31 Å². The van der Waals surface area contributed by atoms with Gasteiger partial charge in [-0.1, -0.05) is 52.9 Å². The highest BCUT2D eigenvalue weighted by Crippen LogP contribution is 2.43. The summed E-state index contributed by atoms with van der Waals surface area (Å²) in [6.45, 7) is 6.74. The van der Waals surface area contributed by atoms with Gasteiger partial charge in [0, 0.05) is 11.4 Å². The summed E-state index contributed by atoms with van der Waals surface area (Å²) in [5, 5.41) is 10.2. The van der Waals surface area contributed by atoms with Gasteiger partial charge in [-0.25, -0.2) is 0 Å². The molecule has 0 amide bonds. The summed E-state index contributed by atoms with van der Waals surface area (Å²) in [5.74, 6) is 0.507. The summed E-state index contributed by atoms with van der Waals surface area (Å²) >= 11 is 1.12. The van der Waals surface area contributed by atoms with Crippen molar-refractivity contribution in [2.45, 2.75) is 80.1 Å². The smallest absolute Gasteiger partial charge is 0.166 e. The SMILES string of the molecule is CC(C)(C)[S+]([O-])N(Cc1ccccc1)[C@H](C1CC1)[C@@H]1CC[C@@H](I)[C@H](O)O1. The van der Waals surface area contributed by atoms with Gasteiger partial charge in [0.1, 0.15) is 4.75 Å². The van der Waals surface area contributed by atoms with E-state index in [0.717, 1.165) is 25.7 Å². The molecule has 1 saturated heterocycles. The average Bonchev–Trinajstić information content (AvgIpc) is 3.42. The van der Waals surface area contributed by atoms with Crippen LogP contribution < -0.4 is 0 Å². The number of hydrogen-bond acceptors (Lipinski definition) is 4. The molecule has 1 aromatic carbocycles. The molecule has 1 unspecified atom stereocenters. The molecule has 1 saturated carbocycles. The summed E-state index contributed by atoms with van der Waals surface area (Å²) in [6, 6.07) is 10.3. The van der Waals surface area contributed by atoms with E-state index in [1.807, 2.05) is 39.0 Å². The number of aliphatic hydroxyl groups is 1. The molecule has 0 spiro atoms. The highest BCUT2D eigenvalue weighted by Gasteiger charge is 2.49. The number of rotatable bonds is 6. The summed E-state index contributed by atoms with van der Waals surface area (Å²) in [5.41, 5.74) is 1.17. The zero-order valence-corrected chi connectivity index (χ0v) is 18.8. The molecule has 5 atom stereocenters. The topological polar surface area (TPSA) is 55.8 Å². The predicted octanol–water partition coefficient (Wildman–Crippen LogP) is 4.03. The van der Waals surface area contributed by atoms with Crippen LogP contribution in [0.2, 0.25) is 0 Å². The van der Waals surface area contributed by atoms with Crippen LogP contribution in [-0.4, -0.2) is 41.1 Å². The third-order valence-corrected chi connectivity index (χ3v) is 8.17. The molecule has 0 aromatic heterocycles. The minimum Gasteiger partial charge on any atom is -0.597 e. The Morgan fingerprint density at radius 1 is 1.23 bits per heavy atom. The first-order valence-corrected chi connectivity index (χ1v) is 11.8. The van der Waals surface area contributed by atoms with Crippen LogP contribution in [0.4, 0.5) is 0 Å². The number of aliphatic hydroxyl groups excluding tert-OH is 1. The van der Waals surface area contributed by atoms with Crippen molar-refractivity contribution in [3.05, 3.63) is 35.9 Å². The predicted molar refractivity (Wildman–Crippen MR) is 114 cm³/mol. The minimum atomic E-state index is -1.14. The number of alkyl halides is 1. The lowest BCUT2D eigenvalue weighted by Gasteiger charge is -2.43. The number of halogens is 1. The summed E-state index contributed by atoms with van der Waals surface area (Å²) in [7, 11) is 0. The van der Waals surface area contributed by atoms with Crippen LogP contribution in [0.3, 0.4) is 0 Å². The maximum absolute atomic E-state index is 13.4. The van der Waals surface area contributed by atoms with E-state index in [1.165, 1.54) is 5.56 Å². The van der Waals surface area contributed by atoms with E-state index >= 15 is 0 Å². The molecule has 3 rings (SSSR count). The molecule has 6 heteroatoms. The van der Waals surface area contributed by atoms with Crippen molar-refractivity contribution in [2.24, 2.45) is 5.92 Å². The number of benzene rings is 1. The molecule has 4 nitrogen and oxygen atoms in total. The molecule has 0 bridgehead atoms. The molecule has 26 heavy (non-hydrogen) atoms. The number of ether oxygens (including phenoxy) is 1. The Kier molecular flexibility index (Phi) is 6.95. The van der Waals surface area contributed by atoms with Crippen LogP contribution in [0.1, 0.15) is 52.0 Å². The average molecular weight is 491 g/mol. The Labute approximate surface area is 174 Å². The van der Waals surface area contributed by atoms with Crippen LogP contribution in [0.15, 0.2) is 30.3 Å². The third kappa shape index (κ3) is 5.14. The molecule has 0 radical (unpaired) electrons. The Bertz CT molecular complexity index is 578. The van der Waals surface area contributed by atoms with E-state index in [4.69, 9.17) is 4.74 Å². The van der Waals surface area contributed by atoms with E-state index in [1.54, 1.807) is 0 Å². The Balaban J connectivity index is 1.86. The summed E-state index contributed by atoms with van der Waals surface area (Å²) < 4.78 is 21.4. The fourth-order valence-electron chi connectivity index (χ4n) is 3.60. The van der Waals surface area contributed by atoms with Crippen molar-refractivity contribution in [1.29, 1.82) is 0 Å². The second-order valence-corrected chi connectivity index (χ2v) is 12.2. The maximum atomic E-state index is 13.4. The van der Waals surface area contributed by atoms with Gasteiger partial charge in [0.15, 0.2) is 6.29 Å². The van der Waals surface area contributed by atoms with Crippen molar-refractivity contribution < 1.29 is 14.4 Å². The third-order valence-electron chi connectivity index (χ3n) is 5.09. The zero-order valence-electron chi connectivity index (χ0n) is 15.8. The Hall–Kier alpha value is 0.140. The lowest BCUT2D eigenvalue weighted by molar-refractivity contribution is -0.172. The fraction of sp³-hybridized carbons (Fsp3) is 0.700. The molecule has 2 aliphatic rings. The van der Waals surface area contributed by atoms with Crippen LogP contribution in [0.25, 0.3) is 0 Å². The van der Waals surface area contributed by atoms with Crippen molar-refractivity contribution in [3.8, 4) is 0 Å². The van der Waals surface area contributed by atoms with E-state index < -0.39 is 17.7 Å². The first kappa shape index (κ1) is 20.9. The van der Waals surface area contributed by atoms with Crippen molar-refractivity contribution in [2.75, 3.05) is 0 Å². The first-order valence-electron chi connectivity index (χ1n) is 9.47. The van der Waals surface area contributed by atoms with Gasteiger partial charge >= 0.3 is 0 Å². The van der Waals surface area contributed by atoms with E-state index in [2.05, 4.69) is 39.0 Å². The monoisotopic (exact) mass is 491 g/mol. The molecule has 1 N–H and O–H groups in total. The Morgan fingerprint density at radius 3 is 2.42 bits per heavy atom. The molecule has 1 aromatic rings. The quantitative estimate of drug-likeness (QED) is 0.371. The lowest BCUT2D eigenvalue weighted by Crippen LogP contribution is -2.55. The Morgan fingerprint density at radius 2 is 1.88 bits per heavy atom. The highest BCUT2D eigenvalue weighted by molar-refractivity contribution is 14.1. The van der Waals surface area contributed by atoms with Gasteiger partial charge in [-0.3, -0.25) is 0 Å². The molecule has 146 valence electrons. The van der Waals surface area contributed by atoms with E-state index in [0.29, 0.717) is 12.5 Å². The second kappa shape index (κ2) is 8.66. The highest BCUT2D eigenvalue weighted by atomic mass is 127. The van der Waals surface area contributed by atoms with E-state index in [-0.39, 0.29) is 20.8 Å². The molecular formula is C20H30INO3S. The number of nitrogens with zero attached hydrogens (tertiary/aromatic N) is 1. The van der Waals surface area contributed by atoms with Crippen LogP contribution in [-0.2, 0) is 22.6 Å². The van der Waals surface area contributed by atoms with Gasteiger partial charge in [-0.15, -0.1) is 4.31 Å². The van der Waals surface area contributed by atoms with Crippen LogP contribution in [0, 0.1) is 5.92 Å². The number of hydrogen-bond donors (Lipinski definition) is 1. The summed E-state index contributed by atoms with van der Waals surface area (Å²) in [6.07, 6.45) is 3.38. The zero-order chi connectivity index (χ0) is 18.9. The van der Waals surface area contributed by atoms with Gasteiger partial charge in [0.05, 0.1) is 22.6 Å². The standard InChI is InChI=1S/C20H30INO3S/c1-20(2,3)26(24)22(13-14-7-5-4-6-8-14)18(15-9-10-15)17-12-11-16(21)19(23)25-17/h4-8,15-19,23H,9-13H2,1-3H3/t16-,17+,18-,19-,26?/m1/s1. The molecule has 1 aliphatic carbocycles. The normalized spacial score (nSPS) is 29.6. The van der Waals surface area contributed by atoms with E-state index in [9.17, 15) is 9.66 Å². The maximum Gasteiger partial charge on any atom is 0.166 e. The summed E-state index contributed by atoms with van der Waals surface area (Å²) in [4.78, 5) is 0. The fourth-order valence-corrected chi connectivity index (χ4v) is 5.63. The van der Waals surface area contributed by atoms with Gasteiger partial charge in [-0.05, 0) is 57.9 Å². The molecule has 1 heterocycles.